The molecule has 0 fully saturated rings. The zero-order chi connectivity index (χ0) is 26.0. The predicted octanol–water partition coefficient (Wildman–Crippen LogP) is 3.19. The minimum atomic E-state index is -0.911. The van der Waals surface area contributed by atoms with Gasteiger partial charge in [0.25, 0.3) is 17.2 Å². The number of para-hydroxylation sites is 1. The molecule has 184 valence electrons. The predicted molar refractivity (Wildman–Crippen MR) is 131 cm³/mol. The number of fused-ring (bicyclic) bond motifs is 2. The topological polar surface area (TPSA) is 138 Å². The standard InChI is InChI=1S/C25H23N5O6/c1-4-12-28-21-17(24(32)29-13-8-9-15(3)20(29)26-21)14-18(25(33)36-5-2)22(28)27-23(31)16-10-6-7-11-19(16)30(34)35/h6-11,13-14H,4-5,12H2,1-3H3. The minimum Gasteiger partial charge on any atom is -0.462 e. The smallest absolute Gasteiger partial charge is 0.341 e. The van der Waals surface area contributed by atoms with Crippen molar-refractivity contribution in [3.05, 3.63) is 91.3 Å². The number of hydrogen-bond acceptors (Lipinski definition) is 7. The molecule has 0 aliphatic carbocycles. The van der Waals surface area contributed by atoms with E-state index in [1.807, 2.05) is 19.9 Å². The molecule has 0 saturated heterocycles. The Kier molecular flexibility index (Phi) is 6.73. The number of aromatic nitrogens is 3. The third kappa shape index (κ3) is 4.26. The van der Waals surface area contributed by atoms with Crippen LogP contribution < -0.4 is 11.0 Å². The largest absolute Gasteiger partial charge is 0.462 e. The number of aryl methyl sites for hydroxylation is 2. The second-order valence-corrected chi connectivity index (χ2v) is 7.98. The van der Waals surface area contributed by atoms with E-state index < -0.39 is 28.0 Å². The normalized spacial score (nSPS) is 11.7. The Morgan fingerprint density at radius 2 is 1.86 bits per heavy atom. The molecule has 3 heterocycles. The molecular formula is C25H23N5O6. The molecule has 0 bridgehead atoms. The Hall–Kier alpha value is -4.67. The molecule has 0 atom stereocenters. The molecule has 0 aliphatic heterocycles. The SMILES string of the molecule is CCCn1c(=NC(=O)c2ccccc2[N+](=O)[O-])c(C(=O)OCC)cc2c(=O)n3cccc(C)c3nc21. The van der Waals surface area contributed by atoms with E-state index in [9.17, 15) is 24.5 Å². The summed E-state index contributed by atoms with van der Waals surface area (Å²) in [4.78, 5) is 59.1. The van der Waals surface area contributed by atoms with Crippen LogP contribution in [0.15, 0.2) is 58.4 Å². The molecule has 4 rings (SSSR count). The zero-order valence-corrected chi connectivity index (χ0v) is 19.9. The van der Waals surface area contributed by atoms with E-state index in [0.29, 0.717) is 12.1 Å². The van der Waals surface area contributed by atoms with E-state index in [4.69, 9.17) is 4.74 Å². The Balaban J connectivity index is 2.15. The summed E-state index contributed by atoms with van der Waals surface area (Å²) in [6.45, 7) is 5.63. The molecule has 0 unspecified atom stereocenters. The summed E-state index contributed by atoms with van der Waals surface area (Å²) in [6.07, 6.45) is 2.14. The zero-order valence-electron chi connectivity index (χ0n) is 19.9. The lowest BCUT2D eigenvalue weighted by atomic mass is 10.1. The number of amides is 1. The first-order chi connectivity index (χ1) is 17.3. The fraction of sp³-hybridized carbons (Fsp3) is 0.240. The summed E-state index contributed by atoms with van der Waals surface area (Å²) in [5.74, 6) is -1.70. The van der Waals surface area contributed by atoms with E-state index in [-0.39, 0.29) is 40.8 Å². The molecular weight excluding hydrogens is 466 g/mol. The van der Waals surface area contributed by atoms with Crippen molar-refractivity contribution in [1.29, 1.82) is 0 Å². The highest BCUT2D eigenvalue weighted by molar-refractivity contribution is 6.00. The molecule has 11 heteroatoms. The molecule has 1 amide bonds. The fourth-order valence-electron chi connectivity index (χ4n) is 3.97. The minimum absolute atomic E-state index is 0.0519. The molecule has 0 radical (unpaired) electrons. The van der Waals surface area contributed by atoms with Gasteiger partial charge in [-0.15, -0.1) is 0 Å². The molecule has 0 aliphatic rings. The van der Waals surface area contributed by atoms with Crippen molar-refractivity contribution in [3.63, 3.8) is 0 Å². The lowest BCUT2D eigenvalue weighted by Crippen LogP contribution is -2.33. The van der Waals surface area contributed by atoms with Gasteiger partial charge in [0.15, 0.2) is 5.49 Å². The number of ether oxygens (including phenoxy) is 1. The molecule has 0 N–H and O–H groups in total. The maximum Gasteiger partial charge on any atom is 0.341 e. The Labute approximate surface area is 204 Å². The Morgan fingerprint density at radius 1 is 1.11 bits per heavy atom. The number of pyridine rings is 2. The molecule has 0 saturated carbocycles. The Bertz CT molecular complexity index is 1670. The molecule has 36 heavy (non-hydrogen) atoms. The highest BCUT2D eigenvalue weighted by atomic mass is 16.6. The second-order valence-electron chi connectivity index (χ2n) is 7.98. The van der Waals surface area contributed by atoms with Crippen LogP contribution in [-0.2, 0) is 11.3 Å². The summed E-state index contributed by atoms with van der Waals surface area (Å²) in [5, 5.41) is 11.6. The molecule has 4 aromatic rings. The van der Waals surface area contributed by atoms with Gasteiger partial charge < -0.3 is 9.30 Å². The first-order valence-corrected chi connectivity index (χ1v) is 11.3. The van der Waals surface area contributed by atoms with Crippen LogP contribution in [0.25, 0.3) is 16.7 Å². The van der Waals surface area contributed by atoms with Crippen molar-refractivity contribution in [2.24, 2.45) is 4.99 Å². The molecule has 1 aromatic carbocycles. The summed E-state index contributed by atoms with van der Waals surface area (Å²) >= 11 is 0. The van der Waals surface area contributed by atoms with Crippen LogP contribution in [0.4, 0.5) is 5.69 Å². The summed E-state index contributed by atoms with van der Waals surface area (Å²) in [7, 11) is 0. The second kappa shape index (κ2) is 9.90. The maximum atomic E-state index is 13.4. The number of hydrogen-bond donors (Lipinski definition) is 0. The number of carbonyl (C=O) groups is 2. The van der Waals surface area contributed by atoms with Crippen LogP contribution in [0.1, 0.15) is 46.5 Å². The van der Waals surface area contributed by atoms with Crippen LogP contribution in [0, 0.1) is 17.0 Å². The van der Waals surface area contributed by atoms with Crippen molar-refractivity contribution in [2.45, 2.75) is 33.7 Å². The van der Waals surface area contributed by atoms with Gasteiger partial charge in [-0.05, 0) is 44.0 Å². The third-order valence-corrected chi connectivity index (χ3v) is 5.59. The summed E-state index contributed by atoms with van der Waals surface area (Å²) in [5.41, 5.74) is 0.159. The number of rotatable bonds is 6. The molecule has 0 spiro atoms. The summed E-state index contributed by atoms with van der Waals surface area (Å²) in [6, 6.07) is 10.3. The van der Waals surface area contributed by atoms with Gasteiger partial charge in [0.05, 0.1) is 16.9 Å². The van der Waals surface area contributed by atoms with Gasteiger partial charge in [-0.2, -0.15) is 4.99 Å². The van der Waals surface area contributed by atoms with Gasteiger partial charge in [0.2, 0.25) is 0 Å². The number of nitrogens with zero attached hydrogens (tertiary/aromatic N) is 5. The van der Waals surface area contributed by atoms with Gasteiger partial charge in [-0.3, -0.25) is 24.1 Å². The quantitative estimate of drug-likeness (QED) is 0.175. The number of benzene rings is 1. The van der Waals surface area contributed by atoms with Gasteiger partial charge in [0, 0.05) is 18.8 Å². The van der Waals surface area contributed by atoms with Crippen LogP contribution in [0.5, 0.6) is 0 Å². The first-order valence-electron chi connectivity index (χ1n) is 11.3. The van der Waals surface area contributed by atoms with E-state index in [1.165, 1.54) is 39.3 Å². The van der Waals surface area contributed by atoms with Gasteiger partial charge >= 0.3 is 5.97 Å². The maximum absolute atomic E-state index is 13.4. The number of nitro benzene ring substituents is 1. The van der Waals surface area contributed by atoms with Crippen molar-refractivity contribution >= 4 is 34.2 Å². The van der Waals surface area contributed by atoms with Gasteiger partial charge in [-0.25, -0.2) is 9.78 Å². The summed E-state index contributed by atoms with van der Waals surface area (Å²) < 4.78 is 8.09. The Morgan fingerprint density at radius 3 is 2.56 bits per heavy atom. The van der Waals surface area contributed by atoms with Crippen LogP contribution >= 0.6 is 0 Å². The van der Waals surface area contributed by atoms with Crippen LogP contribution in [0.3, 0.4) is 0 Å². The van der Waals surface area contributed by atoms with Gasteiger partial charge in [0.1, 0.15) is 22.4 Å². The first kappa shape index (κ1) is 24.5. The van der Waals surface area contributed by atoms with E-state index in [2.05, 4.69) is 9.98 Å². The van der Waals surface area contributed by atoms with Crippen molar-refractivity contribution in [2.75, 3.05) is 6.61 Å². The van der Waals surface area contributed by atoms with Crippen LogP contribution in [0.2, 0.25) is 0 Å². The number of nitro groups is 1. The molecule has 3 aromatic heterocycles. The lowest BCUT2D eigenvalue weighted by molar-refractivity contribution is -0.385. The van der Waals surface area contributed by atoms with E-state index in [0.717, 1.165) is 5.56 Å². The van der Waals surface area contributed by atoms with Crippen molar-refractivity contribution in [3.8, 4) is 0 Å². The number of carbonyl (C=O) groups excluding carboxylic acids is 2. The van der Waals surface area contributed by atoms with Gasteiger partial charge in [-0.1, -0.05) is 25.1 Å². The average molecular weight is 489 g/mol. The average Bonchev–Trinajstić information content (AvgIpc) is 2.86. The van der Waals surface area contributed by atoms with Crippen molar-refractivity contribution < 1.29 is 19.2 Å². The third-order valence-electron chi connectivity index (χ3n) is 5.59. The van der Waals surface area contributed by atoms with E-state index >= 15 is 0 Å². The number of esters is 1. The molecule has 11 nitrogen and oxygen atoms in total. The highest BCUT2D eigenvalue weighted by Crippen LogP contribution is 2.19. The van der Waals surface area contributed by atoms with Crippen LogP contribution in [-0.4, -0.2) is 37.4 Å². The highest BCUT2D eigenvalue weighted by Gasteiger charge is 2.23. The fourth-order valence-corrected chi connectivity index (χ4v) is 3.97. The van der Waals surface area contributed by atoms with Crippen molar-refractivity contribution in [1.82, 2.24) is 14.0 Å². The van der Waals surface area contributed by atoms with E-state index in [1.54, 1.807) is 19.2 Å². The lowest BCUT2D eigenvalue weighted by Gasteiger charge is -2.15. The monoisotopic (exact) mass is 489 g/mol.